The van der Waals surface area contributed by atoms with Gasteiger partial charge in [-0.2, -0.15) is 13.2 Å². The fourth-order valence-corrected chi connectivity index (χ4v) is 0.479. The summed E-state index contributed by atoms with van der Waals surface area (Å²) in [5.41, 5.74) is -1.44. The van der Waals surface area contributed by atoms with E-state index in [9.17, 15) is 18.0 Å². The molecule has 0 aromatic carbocycles. The third kappa shape index (κ3) is 1.48. The minimum absolute atomic E-state index is 0.895. The predicted octanol–water partition coefficient (Wildman–Crippen LogP) is 1.06. The van der Waals surface area contributed by atoms with Crippen LogP contribution in [0.2, 0.25) is 0 Å². The molecule has 0 fully saturated rings. The molecule has 0 saturated carbocycles. The van der Waals surface area contributed by atoms with Gasteiger partial charge in [-0.25, -0.2) is 9.42 Å². The molecule has 1 heterocycles. The lowest BCUT2D eigenvalue weighted by atomic mass is 10.4. The Morgan fingerprint density at radius 2 is 2.08 bits per heavy atom. The average Bonchev–Trinajstić information content (AvgIpc) is 2.34. The summed E-state index contributed by atoms with van der Waals surface area (Å²) in [4.78, 5) is 12.2. The van der Waals surface area contributed by atoms with E-state index in [4.69, 9.17) is 0 Å². The molecule has 0 unspecified atom stereocenters. The van der Waals surface area contributed by atoms with Gasteiger partial charge >= 0.3 is 6.18 Å². The van der Waals surface area contributed by atoms with E-state index in [2.05, 4.69) is 19.9 Å². The molecule has 0 bridgehead atoms. The van der Waals surface area contributed by atoms with Gasteiger partial charge in [-0.15, -0.1) is 4.99 Å². The van der Waals surface area contributed by atoms with Gasteiger partial charge in [0.05, 0.1) is 0 Å². The molecule has 0 spiro atoms. The van der Waals surface area contributed by atoms with Crippen LogP contribution in [0, 0.1) is 0 Å². The van der Waals surface area contributed by atoms with Crippen molar-refractivity contribution in [3.63, 3.8) is 0 Å². The molecule has 1 aromatic heterocycles. The van der Waals surface area contributed by atoms with Gasteiger partial charge in [0.25, 0.3) is 0 Å². The van der Waals surface area contributed by atoms with Crippen molar-refractivity contribution >= 4 is 11.9 Å². The second-order valence-electron chi connectivity index (χ2n) is 1.64. The van der Waals surface area contributed by atoms with Crippen molar-refractivity contribution < 1.29 is 22.6 Å². The van der Waals surface area contributed by atoms with Crippen LogP contribution in [0.4, 0.5) is 19.0 Å². The first-order valence-corrected chi connectivity index (χ1v) is 2.53. The Hall–Kier alpha value is -1.69. The number of halogens is 3. The van der Waals surface area contributed by atoms with E-state index < -0.39 is 17.7 Å². The lowest BCUT2D eigenvalue weighted by Gasteiger charge is -1.97. The number of aliphatic imine (C=N–C) groups is 1. The monoisotopic (exact) mass is 179 g/mol. The van der Waals surface area contributed by atoms with Crippen LogP contribution in [0.15, 0.2) is 9.62 Å². The minimum Gasteiger partial charge on any atom is -0.242 e. The van der Waals surface area contributed by atoms with Gasteiger partial charge in [-0.3, -0.25) is 0 Å². The van der Waals surface area contributed by atoms with Crippen LogP contribution in [0.1, 0.15) is 5.69 Å². The largest absolute Gasteiger partial charge is 0.440 e. The topological polar surface area (TPSA) is 68.3 Å². The third-order valence-corrected chi connectivity index (χ3v) is 0.891. The van der Waals surface area contributed by atoms with Crippen molar-refractivity contribution in [2.45, 2.75) is 6.18 Å². The fraction of sp³-hybridized carbons (Fsp3) is 0.250. The van der Waals surface area contributed by atoms with E-state index in [1.54, 1.807) is 0 Å². The number of hydrogen-bond donors (Lipinski definition) is 0. The van der Waals surface area contributed by atoms with Crippen molar-refractivity contribution in [3.8, 4) is 0 Å². The van der Waals surface area contributed by atoms with Crippen LogP contribution < -0.4 is 0 Å². The first kappa shape index (κ1) is 8.41. The highest BCUT2D eigenvalue weighted by Gasteiger charge is 2.39. The van der Waals surface area contributed by atoms with Gasteiger partial charge in [-0.1, -0.05) is 0 Å². The van der Waals surface area contributed by atoms with Crippen LogP contribution in [0.25, 0.3) is 0 Å². The van der Waals surface area contributed by atoms with Gasteiger partial charge in [0.2, 0.25) is 17.6 Å². The van der Waals surface area contributed by atoms with E-state index in [1.807, 2.05) is 0 Å². The number of aromatic nitrogens is 2. The first-order chi connectivity index (χ1) is 5.55. The Morgan fingerprint density at radius 1 is 1.42 bits per heavy atom. The molecule has 1 aromatic rings. The molecular formula is C4F3N3O2. The smallest absolute Gasteiger partial charge is 0.242 e. The normalized spacial score (nSPS) is 10.9. The van der Waals surface area contributed by atoms with Crippen LogP contribution in [0.5, 0.6) is 0 Å². The molecule has 0 aliphatic rings. The highest BCUT2D eigenvalue weighted by Crippen LogP contribution is 2.32. The summed E-state index contributed by atoms with van der Waals surface area (Å²) in [6.45, 7) is 0. The lowest BCUT2D eigenvalue weighted by molar-refractivity contribution is -0.142. The Morgan fingerprint density at radius 3 is 2.58 bits per heavy atom. The number of hydrogen-bond acceptors (Lipinski definition) is 5. The molecule has 0 aliphatic heterocycles. The summed E-state index contributed by atoms with van der Waals surface area (Å²) >= 11 is 0. The zero-order valence-corrected chi connectivity index (χ0v) is 5.29. The highest BCUT2D eigenvalue weighted by atomic mass is 19.4. The van der Waals surface area contributed by atoms with E-state index in [1.165, 1.54) is 0 Å². The van der Waals surface area contributed by atoms with Gasteiger partial charge < -0.3 is 0 Å². The number of nitrogens with zero attached hydrogens (tertiary/aromatic N) is 3. The molecule has 0 N–H and O–H groups in total. The average molecular weight is 179 g/mol. The number of carbonyl (C=O) groups excluding carboxylic acids is 1. The maximum absolute atomic E-state index is 11.9. The van der Waals surface area contributed by atoms with Crippen LogP contribution in [0.3, 0.4) is 0 Å². The van der Waals surface area contributed by atoms with Gasteiger partial charge in [0.15, 0.2) is 0 Å². The van der Waals surface area contributed by atoms with Crippen LogP contribution >= 0.6 is 0 Å². The van der Waals surface area contributed by atoms with Gasteiger partial charge in [0, 0.05) is 0 Å². The van der Waals surface area contributed by atoms with Gasteiger partial charge in [-0.05, 0) is 10.3 Å². The van der Waals surface area contributed by atoms with Crippen LogP contribution in [-0.4, -0.2) is 16.4 Å². The van der Waals surface area contributed by atoms with Gasteiger partial charge in [0.1, 0.15) is 0 Å². The minimum atomic E-state index is -4.73. The molecule has 8 heteroatoms. The summed E-state index contributed by atoms with van der Waals surface area (Å²) in [5, 5.41) is 5.26. The second-order valence-corrected chi connectivity index (χ2v) is 1.64. The predicted molar refractivity (Wildman–Crippen MR) is 27.1 cm³/mol. The molecular weight excluding hydrogens is 179 g/mol. The van der Waals surface area contributed by atoms with Crippen molar-refractivity contribution in [1.29, 1.82) is 0 Å². The number of alkyl halides is 3. The molecule has 0 amide bonds. The molecule has 1 rings (SSSR count). The van der Waals surface area contributed by atoms with E-state index in [0.29, 0.717) is 0 Å². The Kier molecular flexibility index (Phi) is 1.92. The summed E-state index contributed by atoms with van der Waals surface area (Å²) in [6.07, 6.45) is -3.83. The maximum Gasteiger partial charge on any atom is 0.440 e. The molecule has 0 saturated heterocycles. The zero-order chi connectivity index (χ0) is 9.19. The standard InChI is InChI=1S/C4F3N3O2/c5-4(6,7)2-3(8-1-11)10-12-9-2. The highest BCUT2D eigenvalue weighted by molar-refractivity contribution is 5.46. The number of rotatable bonds is 1. The fourth-order valence-electron chi connectivity index (χ4n) is 0.479. The molecule has 0 atom stereocenters. The van der Waals surface area contributed by atoms with Crippen molar-refractivity contribution in [2.24, 2.45) is 4.99 Å². The van der Waals surface area contributed by atoms with Crippen molar-refractivity contribution in [2.75, 3.05) is 0 Å². The molecule has 0 aliphatic carbocycles. The summed E-state index contributed by atoms with van der Waals surface area (Å²) < 4.78 is 39.3. The second kappa shape index (κ2) is 2.74. The molecule has 64 valence electrons. The van der Waals surface area contributed by atoms with E-state index in [-0.39, 0.29) is 0 Å². The van der Waals surface area contributed by atoms with Crippen molar-refractivity contribution in [1.82, 2.24) is 10.3 Å². The summed E-state index contributed by atoms with van der Waals surface area (Å²) in [7, 11) is 0. The Labute approximate surface area is 62.9 Å². The summed E-state index contributed by atoms with van der Waals surface area (Å²) in [5.74, 6) is -0.919. The lowest BCUT2D eigenvalue weighted by Crippen LogP contribution is -2.05. The van der Waals surface area contributed by atoms with E-state index in [0.717, 1.165) is 6.08 Å². The molecule has 5 nitrogen and oxygen atoms in total. The SMILES string of the molecule is O=C=Nc1nonc1C(F)(F)F. The molecule has 12 heavy (non-hydrogen) atoms. The Balaban J connectivity index is 3.16. The third-order valence-electron chi connectivity index (χ3n) is 0.891. The van der Waals surface area contributed by atoms with Crippen LogP contribution in [-0.2, 0) is 11.0 Å². The van der Waals surface area contributed by atoms with Crippen molar-refractivity contribution in [3.05, 3.63) is 5.69 Å². The zero-order valence-electron chi connectivity index (χ0n) is 5.29. The first-order valence-electron chi connectivity index (χ1n) is 2.53. The number of isocyanates is 1. The van der Waals surface area contributed by atoms with E-state index >= 15 is 0 Å². The maximum atomic E-state index is 11.9. The Bertz CT molecular complexity index is 325. The molecule has 0 radical (unpaired) electrons. The summed E-state index contributed by atoms with van der Waals surface area (Å²) in [6, 6.07) is 0. The quantitative estimate of drug-likeness (QED) is 0.477.